The Morgan fingerprint density at radius 1 is 0.829 bits per heavy atom. The van der Waals surface area contributed by atoms with Gasteiger partial charge in [0.2, 0.25) is 11.8 Å². The Balaban J connectivity index is 1.35. The summed E-state index contributed by atoms with van der Waals surface area (Å²) in [5.41, 5.74) is 4.43. The summed E-state index contributed by atoms with van der Waals surface area (Å²) in [6, 6.07) is 22.4. The van der Waals surface area contributed by atoms with Crippen molar-refractivity contribution >= 4 is 23.6 Å². The smallest absolute Gasteiger partial charge is 0.262 e. The molecule has 2 heterocycles. The lowest BCUT2D eigenvalue weighted by molar-refractivity contribution is -0.136. The molecule has 0 radical (unpaired) electrons. The molecule has 7 nitrogen and oxygen atoms in total. The van der Waals surface area contributed by atoms with Crippen molar-refractivity contribution in [2.24, 2.45) is 0 Å². The van der Waals surface area contributed by atoms with Gasteiger partial charge in [-0.05, 0) is 47.7 Å². The number of benzene rings is 3. The number of nitrogens with one attached hydrogen (secondary N) is 2. The average molecular weight is 468 g/mol. The summed E-state index contributed by atoms with van der Waals surface area (Å²) in [7, 11) is 0. The van der Waals surface area contributed by atoms with Crippen LogP contribution in [0.5, 0.6) is 0 Å². The first-order chi connectivity index (χ1) is 17.0. The fourth-order valence-corrected chi connectivity index (χ4v) is 4.71. The van der Waals surface area contributed by atoms with Crippen LogP contribution >= 0.6 is 0 Å². The van der Waals surface area contributed by atoms with E-state index in [2.05, 4.69) is 22.8 Å². The normalized spacial score (nSPS) is 17.5. The van der Waals surface area contributed by atoms with Crippen molar-refractivity contribution in [3.63, 3.8) is 0 Å². The number of hydrogen-bond acceptors (Lipinski definition) is 5. The molecule has 0 aromatic heterocycles. The Bertz CT molecular complexity index is 1320. The topological polar surface area (TPSA) is 95.6 Å². The number of piperidine rings is 1. The highest BCUT2D eigenvalue weighted by Gasteiger charge is 2.45. The van der Waals surface area contributed by atoms with E-state index in [1.807, 2.05) is 48.5 Å². The molecule has 0 saturated carbocycles. The van der Waals surface area contributed by atoms with Crippen molar-refractivity contribution in [3.05, 3.63) is 95.1 Å². The molecule has 2 N–H and O–H groups in total. The van der Waals surface area contributed by atoms with Gasteiger partial charge in [-0.1, -0.05) is 66.7 Å². The minimum atomic E-state index is -0.977. The lowest BCUT2D eigenvalue weighted by Gasteiger charge is -2.27. The summed E-state index contributed by atoms with van der Waals surface area (Å²) < 4.78 is 0. The number of imide groups is 2. The van der Waals surface area contributed by atoms with E-state index < -0.39 is 29.7 Å². The third-order valence-corrected chi connectivity index (χ3v) is 6.47. The second-order valence-electron chi connectivity index (χ2n) is 8.79. The van der Waals surface area contributed by atoms with E-state index in [0.29, 0.717) is 11.1 Å². The Morgan fingerprint density at radius 3 is 2.37 bits per heavy atom. The fraction of sp³-hybridized carbons (Fsp3) is 0.214. The van der Waals surface area contributed by atoms with Crippen LogP contribution in [-0.4, -0.2) is 41.1 Å². The molecule has 7 heteroatoms. The molecule has 1 unspecified atom stereocenters. The zero-order valence-electron chi connectivity index (χ0n) is 19.1. The van der Waals surface area contributed by atoms with Gasteiger partial charge < -0.3 is 5.32 Å². The second kappa shape index (κ2) is 9.64. The number of amides is 4. The van der Waals surface area contributed by atoms with Gasteiger partial charge in [0.15, 0.2) is 0 Å². The summed E-state index contributed by atoms with van der Waals surface area (Å²) in [5, 5.41) is 5.68. The molecule has 4 amide bonds. The number of carbonyl (C=O) groups is 4. The molecular formula is C28H25N3O4. The third kappa shape index (κ3) is 4.50. The fourth-order valence-electron chi connectivity index (χ4n) is 4.71. The van der Waals surface area contributed by atoms with Crippen molar-refractivity contribution in [2.75, 3.05) is 6.54 Å². The van der Waals surface area contributed by atoms with Gasteiger partial charge in [-0.2, -0.15) is 0 Å². The minimum Gasteiger partial charge on any atom is -0.312 e. The minimum absolute atomic E-state index is 0.0943. The van der Waals surface area contributed by atoms with Gasteiger partial charge in [0, 0.05) is 13.0 Å². The van der Waals surface area contributed by atoms with E-state index in [1.54, 1.807) is 12.1 Å². The van der Waals surface area contributed by atoms with Crippen LogP contribution in [0.3, 0.4) is 0 Å². The van der Waals surface area contributed by atoms with Gasteiger partial charge in [-0.15, -0.1) is 0 Å². The maximum atomic E-state index is 13.4. The summed E-state index contributed by atoms with van der Waals surface area (Å²) in [5.74, 6) is -1.99. The second-order valence-corrected chi connectivity index (χ2v) is 8.79. The van der Waals surface area contributed by atoms with Crippen LogP contribution in [0.15, 0.2) is 72.8 Å². The predicted octanol–water partition coefficient (Wildman–Crippen LogP) is 3.09. The van der Waals surface area contributed by atoms with Gasteiger partial charge in [0.05, 0.1) is 11.1 Å². The molecule has 1 atom stereocenters. The molecule has 5 rings (SSSR count). The Hall–Kier alpha value is -4.10. The van der Waals surface area contributed by atoms with Crippen molar-refractivity contribution < 1.29 is 19.2 Å². The van der Waals surface area contributed by atoms with E-state index in [-0.39, 0.29) is 18.4 Å². The standard InChI is InChI=1S/C28H25N3O4/c32-24-13-12-23(26(33)30-24)31-27(34)22-11-5-10-21(25(22)28(31)35)20-9-4-8-18(16-20)14-15-29-17-19-6-2-1-3-7-19/h1-11,16,23,29H,12-15,17H2,(H,30,32,33). The number of carbonyl (C=O) groups excluding carboxylic acids is 4. The highest BCUT2D eigenvalue weighted by Crippen LogP contribution is 2.35. The molecule has 1 saturated heterocycles. The maximum absolute atomic E-state index is 13.4. The van der Waals surface area contributed by atoms with Gasteiger partial charge in [0.25, 0.3) is 11.8 Å². The molecule has 1 fully saturated rings. The average Bonchev–Trinajstić information content (AvgIpc) is 3.13. The highest BCUT2D eigenvalue weighted by atomic mass is 16.2. The summed E-state index contributed by atoms with van der Waals surface area (Å²) >= 11 is 0. The summed E-state index contributed by atoms with van der Waals surface area (Å²) in [6.07, 6.45) is 1.04. The first-order valence-electron chi connectivity index (χ1n) is 11.7. The van der Waals surface area contributed by atoms with E-state index >= 15 is 0 Å². The Labute approximate surface area is 203 Å². The van der Waals surface area contributed by atoms with Crippen LogP contribution in [0.1, 0.15) is 44.7 Å². The van der Waals surface area contributed by atoms with E-state index in [9.17, 15) is 19.2 Å². The Morgan fingerprint density at radius 2 is 1.57 bits per heavy atom. The van der Waals surface area contributed by atoms with E-state index in [0.717, 1.165) is 35.5 Å². The predicted molar refractivity (Wildman–Crippen MR) is 130 cm³/mol. The lowest BCUT2D eigenvalue weighted by Crippen LogP contribution is -2.54. The van der Waals surface area contributed by atoms with Crippen LogP contribution in [0.25, 0.3) is 11.1 Å². The van der Waals surface area contributed by atoms with Crippen LogP contribution in [-0.2, 0) is 22.6 Å². The van der Waals surface area contributed by atoms with Crippen molar-refractivity contribution in [1.82, 2.24) is 15.5 Å². The van der Waals surface area contributed by atoms with E-state index in [1.165, 1.54) is 5.56 Å². The van der Waals surface area contributed by atoms with Crippen LogP contribution in [0.2, 0.25) is 0 Å². The quantitative estimate of drug-likeness (QED) is 0.411. The lowest BCUT2D eigenvalue weighted by atomic mass is 9.95. The molecule has 0 bridgehead atoms. The Kier molecular flexibility index (Phi) is 6.25. The van der Waals surface area contributed by atoms with Crippen molar-refractivity contribution in [3.8, 4) is 11.1 Å². The third-order valence-electron chi connectivity index (χ3n) is 6.47. The van der Waals surface area contributed by atoms with Crippen LogP contribution < -0.4 is 10.6 Å². The van der Waals surface area contributed by atoms with Crippen LogP contribution in [0.4, 0.5) is 0 Å². The number of fused-ring (bicyclic) bond motifs is 1. The molecule has 176 valence electrons. The molecule has 2 aliphatic heterocycles. The van der Waals surface area contributed by atoms with Gasteiger partial charge >= 0.3 is 0 Å². The first kappa shape index (κ1) is 22.7. The number of hydrogen-bond donors (Lipinski definition) is 2. The molecule has 3 aromatic carbocycles. The molecule has 0 aliphatic carbocycles. The summed E-state index contributed by atoms with van der Waals surface area (Å²) in [4.78, 5) is 51.4. The zero-order valence-corrected chi connectivity index (χ0v) is 19.1. The van der Waals surface area contributed by atoms with Crippen LogP contribution in [0, 0.1) is 0 Å². The highest BCUT2D eigenvalue weighted by molar-refractivity contribution is 6.25. The number of nitrogens with zero attached hydrogens (tertiary/aromatic N) is 1. The largest absolute Gasteiger partial charge is 0.312 e. The maximum Gasteiger partial charge on any atom is 0.262 e. The molecular weight excluding hydrogens is 442 g/mol. The van der Waals surface area contributed by atoms with Crippen molar-refractivity contribution in [2.45, 2.75) is 31.8 Å². The van der Waals surface area contributed by atoms with Gasteiger partial charge in [-0.3, -0.25) is 29.4 Å². The first-order valence-corrected chi connectivity index (χ1v) is 11.7. The van der Waals surface area contributed by atoms with Gasteiger partial charge in [0.1, 0.15) is 6.04 Å². The number of rotatable bonds is 7. The SMILES string of the molecule is O=C1CCC(N2C(=O)c3cccc(-c4cccc(CCNCc5ccccc5)c4)c3C2=O)C(=O)N1. The molecule has 3 aromatic rings. The molecule has 2 aliphatic rings. The monoisotopic (exact) mass is 467 g/mol. The summed E-state index contributed by atoms with van der Waals surface area (Å²) in [6.45, 7) is 1.59. The van der Waals surface area contributed by atoms with Gasteiger partial charge in [-0.25, -0.2) is 0 Å². The molecule has 35 heavy (non-hydrogen) atoms. The van der Waals surface area contributed by atoms with E-state index in [4.69, 9.17) is 0 Å². The van der Waals surface area contributed by atoms with Crippen molar-refractivity contribution in [1.29, 1.82) is 0 Å². The zero-order chi connectivity index (χ0) is 24.4. The molecule has 0 spiro atoms.